The molecular weight excluding hydrogens is 344 g/mol. The van der Waals surface area contributed by atoms with Crippen LogP contribution in [0.4, 0.5) is 0 Å². The van der Waals surface area contributed by atoms with Crippen molar-refractivity contribution in [3.63, 3.8) is 0 Å². The summed E-state index contributed by atoms with van der Waals surface area (Å²) in [7, 11) is 3.69. The van der Waals surface area contributed by atoms with Crippen LogP contribution in [0.15, 0.2) is 30.4 Å². The minimum atomic E-state index is -0.566. The number of hydrogen-bond acceptors (Lipinski definition) is 6. The minimum absolute atomic E-state index is 0.201. The fourth-order valence-electron chi connectivity index (χ4n) is 3.39. The average molecular weight is 379 g/mol. The lowest BCUT2D eigenvalue weighted by atomic mass is 10.1. The van der Waals surface area contributed by atoms with Crippen molar-refractivity contribution >= 4 is 0 Å². The molecule has 1 aliphatic heterocycles. The fourth-order valence-corrected chi connectivity index (χ4v) is 3.39. The Hall–Kier alpha value is -1.60. The van der Waals surface area contributed by atoms with Crippen molar-refractivity contribution in [2.75, 3.05) is 46.9 Å². The molecule has 1 saturated heterocycles. The molecule has 1 aromatic rings. The van der Waals surface area contributed by atoms with E-state index in [0.717, 1.165) is 55.1 Å². The second-order valence-corrected chi connectivity index (χ2v) is 7.60. The summed E-state index contributed by atoms with van der Waals surface area (Å²) >= 11 is 0. The first-order valence-electron chi connectivity index (χ1n) is 9.58. The highest BCUT2D eigenvalue weighted by molar-refractivity contribution is 5.40. The van der Waals surface area contributed by atoms with Crippen LogP contribution >= 0.6 is 0 Å². The van der Waals surface area contributed by atoms with Gasteiger partial charge >= 0.3 is 0 Å². The Morgan fingerprint density at radius 1 is 1.37 bits per heavy atom. The first-order chi connectivity index (χ1) is 12.9. The molecule has 0 bridgehead atoms. The zero-order chi connectivity index (χ0) is 19.8. The fraction of sp³-hybridized carbons (Fsp3) is 0.619. The SMILES string of the molecule is C=C(C)CN(C)Cc1cc(OC)ccc1OCC(O)CN1CCC(O)CC1. The lowest BCUT2D eigenvalue weighted by Crippen LogP contribution is -2.41. The topological polar surface area (TPSA) is 65.4 Å². The number of likely N-dealkylation sites (tertiary alicyclic amines) is 1. The van der Waals surface area contributed by atoms with Crippen molar-refractivity contribution in [1.29, 1.82) is 0 Å². The molecule has 6 nitrogen and oxygen atoms in total. The molecule has 0 aromatic heterocycles. The van der Waals surface area contributed by atoms with Gasteiger partial charge < -0.3 is 24.6 Å². The van der Waals surface area contributed by atoms with Crippen molar-refractivity contribution in [3.05, 3.63) is 35.9 Å². The van der Waals surface area contributed by atoms with Gasteiger partial charge in [-0.05, 0) is 45.0 Å². The number of rotatable bonds is 10. The molecule has 1 aliphatic rings. The van der Waals surface area contributed by atoms with Crippen LogP contribution in [0.5, 0.6) is 11.5 Å². The smallest absolute Gasteiger partial charge is 0.124 e. The summed E-state index contributed by atoms with van der Waals surface area (Å²) in [6.45, 7) is 9.92. The number of β-amino-alcohol motifs (C(OH)–C–C–N with tert-alkyl or cyclic N) is 1. The molecular formula is C21H34N2O4. The van der Waals surface area contributed by atoms with Crippen molar-refractivity contribution in [1.82, 2.24) is 9.80 Å². The van der Waals surface area contributed by atoms with Gasteiger partial charge in [0.25, 0.3) is 0 Å². The van der Waals surface area contributed by atoms with E-state index in [4.69, 9.17) is 9.47 Å². The normalized spacial score (nSPS) is 17.1. The Bertz CT molecular complexity index is 600. The standard InChI is InChI=1S/C21H34N2O4/c1-16(2)12-22(3)13-17-11-20(26-4)5-6-21(17)27-15-19(25)14-23-9-7-18(24)8-10-23/h5-6,11,18-19,24-25H,1,7-10,12-15H2,2-4H3. The third kappa shape index (κ3) is 7.50. The predicted molar refractivity (Wildman–Crippen MR) is 107 cm³/mol. The van der Waals surface area contributed by atoms with Crippen molar-refractivity contribution < 1.29 is 19.7 Å². The number of likely N-dealkylation sites (N-methyl/N-ethyl adjacent to an activating group) is 1. The average Bonchev–Trinajstić information content (AvgIpc) is 2.61. The Labute approximate surface area is 163 Å². The Morgan fingerprint density at radius 3 is 2.70 bits per heavy atom. The molecule has 1 fully saturated rings. The minimum Gasteiger partial charge on any atom is -0.497 e. The molecule has 0 aliphatic carbocycles. The van der Waals surface area contributed by atoms with Gasteiger partial charge in [-0.2, -0.15) is 0 Å². The molecule has 1 aromatic carbocycles. The zero-order valence-corrected chi connectivity index (χ0v) is 16.9. The van der Waals surface area contributed by atoms with E-state index in [-0.39, 0.29) is 12.7 Å². The van der Waals surface area contributed by atoms with E-state index in [0.29, 0.717) is 13.1 Å². The van der Waals surface area contributed by atoms with E-state index >= 15 is 0 Å². The van der Waals surface area contributed by atoms with E-state index < -0.39 is 6.10 Å². The van der Waals surface area contributed by atoms with Crippen LogP contribution in [0.25, 0.3) is 0 Å². The lowest BCUT2D eigenvalue weighted by molar-refractivity contribution is 0.0335. The Kier molecular flexibility index (Phi) is 8.57. The molecule has 27 heavy (non-hydrogen) atoms. The molecule has 0 radical (unpaired) electrons. The summed E-state index contributed by atoms with van der Waals surface area (Å²) in [5.41, 5.74) is 2.12. The molecule has 6 heteroatoms. The van der Waals surface area contributed by atoms with E-state index in [2.05, 4.69) is 16.4 Å². The van der Waals surface area contributed by atoms with Gasteiger partial charge in [0, 0.05) is 38.3 Å². The number of benzene rings is 1. The van der Waals surface area contributed by atoms with E-state index in [1.165, 1.54) is 0 Å². The third-order valence-corrected chi connectivity index (χ3v) is 4.71. The van der Waals surface area contributed by atoms with Gasteiger partial charge in [0.2, 0.25) is 0 Å². The number of aliphatic hydroxyl groups excluding tert-OH is 2. The summed E-state index contributed by atoms with van der Waals surface area (Å²) in [4.78, 5) is 4.34. The molecule has 0 amide bonds. The number of methoxy groups -OCH3 is 1. The summed E-state index contributed by atoms with van der Waals surface area (Å²) in [5.74, 6) is 1.55. The van der Waals surface area contributed by atoms with Crippen molar-refractivity contribution in [3.8, 4) is 11.5 Å². The molecule has 1 unspecified atom stereocenters. The van der Waals surface area contributed by atoms with Gasteiger partial charge in [-0.25, -0.2) is 0 Å². The number of nitrogens with zero attached hydrogens (tertiary/aromatic N) is 2. The third-order valence-electron chi connectivity index (χ3n) is 4.71. The summed E-state index contributed by atoms with van der Waals surface area (Å²) in [5, 5.41) is 19.9. The van der Waals surface area contributed by atoms with Crippen LogP contribution in [0.1, 0.15) is 25.3 Å². The maximum atomic E-state index is 10.3. The van der Waals surface area contributed by atoms with Gasteiger partial charge in [-0.3, -0.25) is 4.90 Å². The monoisotopic (exact) mass is 378 g/mol. The summed E-state index contributed by atoms with van der Waals surface area (Å²) in [6, 6.07) is 5.74. The van der Waals surface area contributed by atoms with Crippen LogP contribution < -0.4 is 9.47 Å². The number of hydrogen-bond donors (Lipinski definition) is 2. The van der Waals surface area contributed by atoms with Crippen LogP contribution in [-0.4, -0.2) is 79.2 Å². The van der Waals surface area contributed by atoms with Crippen molar-refractivity contribution in [2.24, 2.45) is 0 Å². The van der Waals surface area contributed by atoms with Gasteiger partial charge in [0.05, 0.1) is 13.2 Å². The first kappa shape index (κ1) is 21.7. The van der Waals surface area contributed by atoms with E-state index in [1.807, 2.05) is 32.2 Å². The van der Waals surface area contributed by atoms with Crippen LogP contribution in [-0.2, 0) is 6.54 Å². The molecule has 0 saturated carbocycles. The molecule has 1 heterocycles. The predicted octanol–water partition coefficient (Wildman–Crippen LogP) is 1.90. The highest BCUT2D eigenvalue weighted by Gasteiger charge is 2.20. The summed E-state index contributed by atoms with van der Waals surface area (Å²) < 4.78 is 11.3. The van der Waals surface area contributed by atoms with Gasteiger partial charge in [-0.15, -0.1) is 0 Å². The number of ether oxygens (including phenoxy) is 2. The van der Waals surface area contributed by atoms with Crippen molar-refractivity contribution in [2.45, 2.75) is 38.5 Å². The number of aliphatic hydroxyl groups is 2. The van der Waals surface area contributed by atoms with E-state index in [9.17, 15) is 10.2 Å². The zero-order valence-electron chi connectivity index (χ0n) is 16.9. The highest BCUT2D eigenvalue weighted by atomic mass is 16.5. The second kappa shape index (κ2) is 10.7. The van der Waals surface area contributed by atoms with Crippen LogP contribution in [0.3, 0.4) is 0 Å². The van der Waals surface area contributed by atoms with E-state index in [1.54, 1.807) is 7.11 Å². The first-order valence-corrected chi connectivity index (χ1v) is 9.58. The molecule has 1 atom stereocenters. The Balaban J connectivity index is 1.92. The lowest BCUT2D eigenvalue weighted by Gasteiger charge is -2.31. The highest BCUT2D eigenvalue weighted by Crippen LogP contribution is 2.26. The van der Waals surface area contributed by atoms with Gasteiger partial charge in [-0.1, -0.05) is 12.2 Å². The second-order valence-electron chi connectivity index (χ2n) is 7.60. The molecule has 0 spiro atoms. The maximum Gasteiger partial charge on any atom is 0.124 e. The Morgan fingerprint density at radius 2 is 2.07 bits per heavy atom. The molecule has 2 rings (SSSR count). The molecule has 2 N–H and O–H groups in total. The molecule has 152 valence electrons. The van der Waals surface area contributed by atoms with Crippen LogP contribution in [0.2, 0.25) is 0 Å². The maximum absolute atomic E-state index is 10.3. The van der Waals surface area contributed by atoms with Gasteiger partial charge in [0.15, 0.2) is 0 Å². The van der Waals surface area contributed by atoms with Crippen LogP contribution in [0, 0.1) is 0 Å². The largest absolute Gasteiger partial charge is 0.497 e. The van der Waals surface area contributed by atoms with Gasteiger partial charge in [0.1, 0.15) is 24.2 Å². The summed E-state index contributed by atoms with van der Waals surface area (Å²) in [6.07, 6.45) is 0.771. The quantitative estimate of drug-likeness (QED) is 0.606. The number of piperidine rings is 1.